The summed E-state index contributed by atoms with van der Waals surface area (Å²) in [7, 11) is 2.85. The maximum atomic E-state index is 12.8. The fourth-order valence-corrected chi connectivity index (χ4v) is 3.56. The number of benzene rings is 1. The number of fused-ring (bicyclic) bond motifs is 1. The molecule has 0 aromatic heterocycles. The van der Waals surface area contributed by atoms with E-state index in [1.54, 1.807) is 23.1 Å². The van der Waals surface area contributed by atoms with Crippen LogP contribution in [-0.2, 0) is 14.3 Å². The molecule has 124 valence electrons. The van der Waals surface area contributed by atoms with E-state index in [4.69, 9.17) is 25.8 Å². The monoisotopic (exact) mass is 339 g/mol. The average Bonchev–Trinajstić information content (AvgIpc) is 3.11. The Morgan fingerprint density at radius 2 is 2.17 bits per heavy atom. The Bertz CT molecular complexity index is 649. The third-order valence-corrected chi connectivity index (χ3v) is 4.88. The van der Waals surface area contributed by atoms with Crippen LogP contribution in [0, 0.1) is 11.3 Å². The number of carbonyl (C=O) groups excluding carboxylic acids is 2. The predicted molar refractivity (Wildman–Crippen MR) is 82.7 cm³/mol. The van der Waals surface area contributed by atoms with Gasteiger partial charge in [0.05, 0.1) is 33.0 Å². The zero-order chi connectivity index (χ0) is 16.6. The van der Waals surface area contributed by atoms with E-state index in [-0.39, 0.29) is 30.9 Å². The topological polar surface area (TPSA) is 65.1 Å². The first-order valence-electron chi connectivity index (χ1n) is 7.31. The molecule has 7 heteroatoms. The van der Waals surface area contributed by atoms with Gasteiger partial charge >= 0.3 is 5.97 Å². The third-order valence-electron chi connectivity index (χ3n) is 4.65. The molecule has 0 spiro atoms. The van der Waals surface area contributed by atoms with Crippen LogP contribution in [-0.4, -0.2) is 57.3 Å². The fourth-order valence-electron chi connectivity index (χ4n) is 3.39. The van der Waals surface area contributed by atoms with Gasteiger partial charge in [0.15, 0.2) is 0 Å². The number of esters is 1. The molecular formula is C16H18ClNO5. The third kappa shape index (κ3) is 2.56. The van der Waals surface area contributed by atoms with Gasteiger partial charge in [-0.05, 0) is 18.2 Å². The van der Waals surface area contributed by atoms with Crippen molar-refractivity contribution in [2.45, 2.75) is 0 Å². The Morgan fingerprint density at radius 3 is 2.87 bits per heavy atom. The number of nitrogens with zero attached hydrogens (tertiary/aromatic N) is 1. The van der Waals surface area contributed by atoms with Crippen molar-refractivity contribution in [1.29, 1.82) is 0 Å². The lowest BCUT2D eigenvalue weighted by molar-refractivity contribution is -0.153. The van der Waals surface area contributed by atoms with Crippen molar-refractivity contribution in [3.05, 3.63) is 28.8 Å². The lowest BCUT2D eigenvalue weighted by Crippen LogP contribution is -2.41. The summed E-state index contributed by atoms with van der Waals surface area (Å²) in [5.74, 6) is -0.130. The van der Waals surface area contributed by atoms with Gasteiger partial charge in [-0.15, -0.1) is 0 Å². The highest BCUT2D eigenvalue weighted by Crippen LogP contribution is 2.43. The van der Waals surface area contributed by atoms with Crippen LogP contribution in [0.15, 0.2) is 18.2 Å². The number of methoxy groups -OCH3 is 2. The number of halogens is 1. The average molecular weight is 340 g/mol. The van der Waals surface area contributed by atoms with Gasteiger partial charge < -0.3 is 19.1 Å². The highest BCUT2D eigenvalue weighted by atomic mass is 35.5. The summed E-state index contributed by atoms with van der Waals surface area (Å²) in [6.45, 7) is 1.48. The van der Waals surface area contributed by atoms with Crippen molar-refractivity contribution in [3.8, 4) is 5.75 Å². The minimum Gasteiger partial charge on any atom is -0.496 e. The Kier molecular flexibility index (Phi) is 4.21. The van der Waals surface area contributed by atoms with E-state index < -0.39 is 5.41 Å². The Hall–Kier alpha value is -1.79. The van der Waals surface area contributed by atoms with Crippen LogP contribution in [0.3, 0.4) is 0 Å². The van der Waals surface area contributed by atoms with Gasteiger partial charge in [0.25, 0.3) is 5.91 Å². The van der Waals surface area contributed by atoms with E-state index in [1.807, 2.05) is 0 Å². The van der Waals surface area contributed by atoms with Crippen LogP contribution in [0.4, 0.5) is 0 Å². The van der Waals surface area contributed by atoms with Gasteiger partial charge in [0.1, 0.15) is 11.2 Å². The summed E-state index contributed by atoms with van der Waals surface area (Å²) in [6, 6.07) is 4.89. The van der Waals surface area contributed by atoms with Crippen molar-refractivity contribution in [3.63, 3.8) is 0 Å². The van der Waals surface area contributed by atoms with Crippen LogP contribution in [0.25, 0.3) is 0 Å². The van der Waals surface area contributed by atoms with Gasteiger partial charge in [-0.1, -0.05) is 11.6 Å². The van der Waals surface area contributed by atoms with Gasteiger partial charge in [-0.2, -0.15) is 0 Å². The number of amides is 1. The van der Waals surface area contributed by atoms with Crippen molar-refractivity contribution >= 4 is 23.5 Å². The molecule has 1 aromatic rings. The summed E-state index contributed by atoms with van der Waals surface area (Å²) in [5.41, 5.74) is -0.331. The lowest BCUT2D eigenvalue weighted by Gasteiger charge is -2.24. The van der Waals surface area contributed by atoms with Gasteiger partial charge in [-0.3, -0.25) is 9.59 Å². The molecule has 0 N–H and O–H groups in total. The molecule has 2 heterocycles. The van der Waals surface area contributed by atoms with E-state index in [0.717, 1.165) is 0 Å². The van der Waals surface area contributed by atoms with Crippen LogP contribution < -0.4 is 4.74 Å². The molecule has 0 unspecified atom stereocenters. The molecule has 1 aromatic carbocycles. The van der Waals surface area contributed by atoms with Crippen LogP contribution >= 0.6 is 11.6 Å². The van der Waals surface area contributed by atoms with Gasteiger partial charge in [-0.25, -0.2) is 0 Å². The van der Waals surface area contributed by atoms with E-state index in [9.17, 15) is 9.59 Å². The molecule has 6 nitrogen and oxygen atoms in total. The summed E-state index contributed by atoms with van der Waals surface area (Å²) in [6.07, 6.45) is 0. The second kappa shape index (κ2) is 6.02. The zero-order valence-electron chi connectivity index (χ0n) is 13.0. The van der Waals surface area contributed by atoms with E-state index >= 15 is 0 Å². The molecule has 3 rings (SSSR count). The highest BCUT2D eigenvalue weighted by Gasteiger charge is 2.57. The number of carbonyl (C=O) groups is 2. The minimum atomic E-state index is -0.760. The van der Waals surface area contributed by atoms with Crippen molar-refractivity contribution in [1.82, 2.24) is 4.90 Å². The molecule has 0 saturated carbocycles. The summed E-state index contributed by atoms with van der Waals surface area (Å²) in [4.78, 5) is 26.7. The molecule has 0 bridgehead atoms. The lowest BCUT2D eigenvalue weighted by atomic mass is 9.81. The Balaban J connectivity index is 1.87. The molecule has 2 aliphatic rings. The first kappa shape index (κ1) is 16.1. The molecule has 2 atom stereocenters. The summed E-state index contributed by atoms with van der Waals surface area (Å²) < 4.78 is 15.6. The highest BCUT2D eigenvalue weighted by molar-refractivity contribution is 6.30. The summed E-state index contributed by atoms with van der Waals surface area (Å²) in [5, 5.41) is 0.496. The van der Waals surface area contributed by atoms with Gasteiger partial charge in [0, 0.05) is 24.0 Å². The maximum Gasteiger partial charge on any atom is 0.316 e. The molecular weight excluding hydrogens is 322 g/mol. The van der Waals surface area contributed by atoms with Crippen LogP contribution in [0.5, 0.6) is 5.75 Å². The smallest absolute Gasteiger partial charge is 0.316 e. The number of hydrogen-bond acceptors (Lipinski definition) is 5. The predicted octanol–water partition coefficient (Wildman–Crippen LogP) is 1.61. The standard InChI is InChI=1S/C16H18ClNO5/c1-21-13-5-11(17)3-4-12(13)14(19)18-6-10-7-23-9-16(10,8-18)15(20)22-2/h3-5,10H,6-9H2,1-2H3/t10-,16-/m0/s1. The Morgan fingerprint density at radius 1 is 1.39 bits per heavy atom. The minimum absolute atomic E-state index is 0.0443. The molecule has 2 fully saturated rings. The quantitative estimate of drug-likeness (QED) is 0.783. The van der Waals surface area contributed by atoms with Crippen LogP contribution in [0.1, 0.15) is 10.4 Å². The maximum absolute atomic E-state index is 12.8. The molecule has 23 heavy (non-hydrogen) atoms. The Labute approximate surface area is 139 Å². The van der Waals surface area contributed by atoms with Crippen molar-refractivity contribution < 1.29 is 23.8 Å². The number of rotatable bonds is 3. The zero-order valence-corrected chi connectivity index (χ0v) is 13.8. The first-order chi connectivity index (χ1) is 11.0. The fraction of sp³-hybridized carbons (Fsp3) is 0.500. The van der Waals surface area contributed by atoms with Crippen molar-refractivity contribution in [2.24, 2.45) is 11.3 Å². The first-order valence-corrected chi connectivity index (χ1v) is 7.68. The molecule has 0 aliphatic carbocycles. The SMILES string of the molecule is COC(=O)[C@@]12COC[C@@H]1CN(C(=O)c1ccc(Cl)cc1OC)C2. The van der Waals surface area contributed by atoms with Gasteiger partial charge in [0.2, 0.25) is 0 Å². The second-order valence-corrected chi connectivity index (χ2v) is 6.33. The van der Waals surface area contributed by atoms with Crippen LogP contribution in [0.2, 0.25) is 5.02 Å². The van der Waals surface area contributed by atoms with E-state index in [0.29, 0.717) is 29.5 Å². The molecule has 2 aliphatic heterocycles. The number of likely N-dealkylation sites (tertiary alicyclic amines) is 1. The van der Waals surface area contributed by atoms with E-state index in [2.05, 4.69) is 0 Å². The normalized spacial score (nSPS) is 26.0. The number of ether oxygens (including phenoxy) is 3. The molecule has 1 amide bonds. The number of hydrogen-bond donors (Lipinski definition) is 0. The summed E-state index contributed by atoms with van der Waals surface area (Å²) >= 11 is 5.94. The second-order valence-electron chi connectivity index (χ2n) is 5.89. The largest absolute Gasteiger partial charge is 0.496 e. The molecule has 2 saturated heterocycles. The van der Waals surface area contributed by atoms with E-state index in [1.165, 1.54) is 14.2 Å². The van der Waals surface area contributed by atoms with Crippen molar-refractivity contribution in [2.75, 3.05) is 40.5 Å². The molecule has 0 radical (unpaired) electrons.